The summed E-state index contributed by atoms with van der Waals surface area (Å²) < 4.78 is 26.3. The lowest BCUT2D eigenvalue weighted by molar-refractivity contribution is -0.161. The van der Waals surface area contributed by atoms with Gasteiger partial charge in [-0.15, -0.1) is 0 Å². The van der Waals surface area contributed by atoms with E-state index in [2.05, 4.69) is 91.3 Å². The molecule has 0 unspecified atom stereocenters. The predicted molar refractivity (Wildman–Crippen MR) is 216 cm³/mol. The number of phosphoric ester groups is 1. The number of hydrogen-bond acceptors (Lipinski definition) is 6. The van der Waals surface area contributed by atoms with Gasteiger partial charge in [-0.25, -0.2) is 4.57 Å². The molecule has 0 aromatic heterocycles. The third-order valence-electron chi connectivity index (χ3n) is 8.21. The number of esters is 2. The summed E-state index contributed by atoms with van der Waals surface area (Å²) in [7, 11) is -4.77. The minimum Gasteiger partial charge on any atom is -0.462 e. The molecule has 52 heavy (non-hydrogen) atoms. The standard InChI is InChI=1S/C43H73O8P/c1-3-5-7-9-11-13-15-17-19-20-21-22-24-25-27-29-31-33-35-37-42(44)49-39-41(40-50-52(46,47)48)51-43(45)38-36-34-32-30-28-26-23-18-16-14-12-10-8-6-4-2/h6,8,11-14,17-19,23,28,30,41H,3-5,7,9-10,15-16,20-22,24-27,29,31-40H2,1-2H3,(H2,46,47,48)/b8-6-,13-11-,14-12-,19-17-,23-18-,30-28-/t41-/m1/s1. The summed E-state index contributed by atoms with van der Waals surface area (Å²) in [5.74, 6) is -0.944. The second-order valence-corrected chi connectivity index (χ2v) is 14.5. The molecule has 0 bridgehead atoms. The van der Waals surface area contributed by atoms with Crippen molar-refractivity contribution in [1.82, 2.24) is 0 Å². The van der Waals surface area contributed by atoms with E-state index in [9.17, 15) is 14.2 Å². The third kappa shape index (κ3) is 40.3. The fourth-order valence-corrected chi connectivity index (χ4v) is 5.58. The van der Waals surface area contributed by atoms with Crippen LogP contribution in [0.5, 0.6) is 0 Å². The highest BCUT2D eigenvalue weighted by atomic mass is 31.2. The van der Waals surface area contributed by atoms with Gasteiger partial charge in [0.2, 0.25) is 0 Å². The van der Waals surface area contributed by atoms with Gasteiger partial charge in [-0.2, -0.15) is 0 Å². The van der Waals surface area contributed by atoms with E-state index in [1.54, 1.807) is 0 Å². The van der Waals surface area contributed by atoms with Crippen LogP contribution in [0.4, 0.5) is 0 Å². The quantitative estimate of drug-likeness (QED) is 0.0281. The Labute approximate surface area is 317 Å². The lowest BCUT2D eigenvalue weighted by atomic mass is 10.1. The first-order valence-electron chi connectivity index (χ1n) is 20.2. The van der Waals surface area contributed by atoms with Crippen LogP contribution < -0.4 is 0 Å². The molecule has 0 fully saturated rings. The zero-order valence-electron chi connectivity index (χ0n) is 32.7. The van der Waals surface area contributed by atoms with Crippen molar-refractivity contribution in [3.8, 4) is 0 Å². The SMILES string of the molecule is CC/C=C\C/C=C\C/C=C\C/C=C\CCCCC(=O)O[C@H](COC(=O)CCCCCCCCCCC/C=C\C/C=C\CCCCC)COP(=O)(O)O. The fourth-order valence-electron chi connectivity index (χ4n) is 5.22. The minimum absolute atomic E-state index is 0.155. The molecule has 0 amide bonds. The van der Waals surface area contributed by atoms with Gasteiger partial charge < -0.3 is 19.3 Å². The number of rotatable bonds is 36. The zero-order chi connectivity index (χ0) is 38.2. The molecule has 0 saturated carbocycles. The fraction of sp³-hybridized carbons (Fsp3) is 0.674. The molecule has 8 nitrogen and oxygen atoms in total. The summed E-state index contributed by atoms with van der Waals surface area (Å²) in [6, 6.07) is 0. The van der Waals surface area contributed by atoms with Gasteiger partial charge in [0.05, 0.1) is 6.61 Å². The van der Waals surface area contributed by atoms with Crippen molar-refractivity contribution in [2.75, 3.05) is 13.2 Å². The normalized spacial score (nSPS) is 13.2. The van der Waals surface area contributed by atoms with Crippen molar-refractivity contribution in [3.05, 3.63) is 72.9 Å². The number of ether oxygens (including phenoxy) is 2. The van der Waals surface area contributed by atoms with Gasteiger partial charge in [0.1, 0.15) is 6.61 Å². The van der Waals surface area contributed by atoms with Crippen molar-refractivity contribution in [2.24, 2.45) is 0 Å². The van der Waals surface area contributed by atoms with Gasteiger partial charge in [-0.05, 0) is 83.5 Å². The average Bonchev–Trinajstić information content (AvgIpc) is 3.11. The number of carbonyl (C=O) groups excluding carboxylic acids is 2. The Morgan fingerprint density at radius 1 is 0.519 bits per heavy atom. The van der Waals surface area contributed by atoms with Gasteiger partial charge in [0, 0.05) is 12.8 Å². The van der Waals surface area contributed by atoms with E-state index in [0.717, 1.165) is 70.6 Å². The van der Waals surface area contributed by atoms with E-state index >= 15 is 0 Å². The van der Waals surface area contributed by atoms with E-state index < -0.39 is 32.5 Å². The van der Waals surface area contributed by atoms with Crippen LogP contribution in [0.15, 0.2) is 72.9 Å². The van der Waals surface area contributed by atoms with Crippen LogP contribution in [-0.2, 0) is 28.2 Å². The highest BCUT2D eigenvalue weighted by molar-refractivity contribution is 7.46. The van der Waals surface area contributed by atoms with Gasteiger partial charge in [0.15, 0.2) is 6.10 Å². The Morgan fingerprint density at radius 3 is 1.42 bits per heavy atom. The van der Waals surface area contributed by atoms with Gasteiger partial charge in [0.25, 0.3) is 0 Å². The molecule has 1 atom stereocenters. The molecule has 0 spiro atoms. The molecule has 0 saturated heterocycles. The molecule has 0 radical (unpaired) electrons. The third-order valence-corrected chi connectivity index (χ3v) is 8.69. The van der Waals surface area contributed by atoms with Crippen molar-refractivity contribution in [1.29, 1.82) is 0 Å². The number of carbonyl (C=O) groups is 2. The monoisotopic (exact) mass is 749 g/mol. The number of phosphoric acid groups is 1. The first-order chi connectivity index (χ1) is 25.3. The Balaban J connectivity index is 4.00. The molecule has 0 aromatic rings. The number of unbranched alkanes of at least 4 members (excludes halogenated alkanes) is 14. The van der Waals surface area contributed by atoms with E-state index in [1.807, 2.05) is 0 Å². The smallest absolute Gasteiger partial charge is 0.462 e. The molecule has 0 aromatic carbocycles. The van der Waals surface area contributed by atoms with Crippen LogP contribution >= 0.6 is 7.82 Å². The van der Waals surface area contributed by atoms with Crippen LogP contribution in [0.3, 0.4) is 0 Å². The Morgan fingerprint density at radius 2 is 0.923 bits per heavy atom. The average molecular weight is 749 g/mol. The highest BCUT2D eigenvalue weighted by Crippen LogP contribution is 2.36. The lowest BCUT2D eigenvalue weighted by Gasteiger charge is -2.18. The molecule has 9 heteroatoms. The Kier molecular flexibility index (Phi) is 36.4. The number of allylic oxidation sites excluding steroid dienone is 12. The Hall–Kier alpha value is -2.51. The van der Waals surface area contributed by atoms with Crippen LogP contribution in [0, 0.1) is 0 Å². The maximum absolute atomic E-state index is 12.4. The van der Waals surface area contributed by atoms with Crippen molar-refractivity contribution >= 4 is 19.8 Å². The first-order valence-corrected chi connectivity index (χ1v) is 21.8. The molecule has 298 valence electrons. The van der Waals surface area contributed by atoms with E-state index in [4.69, 9.17) is 19.3 Å². The topological polar surface area (TPSA) is 119 Å². The van der Waals surface area contributed by atoms with Crippen molar-refractivity contribution in [2.45, 2.75) is 174 Å². The zero-order valence-corrected chi connectivity index (χ0v) is 33.6. The molecule has 0 aliphatic carbocycles. The molecule has 0 rings (SSSR count). The van der Waals surface area contributed by atoms with Gasteiger partial charge >= 0.3 is 19.8 Å². The summed E-state index contributed by atoms with van der Waals surface area (Å²) in [6.45, 7) is 3.50. The van der Waals surface area contributed by atoms with Crippen LogP contribution in [0.2, 0.25) is 0 Å². The molecule has 0 aliphatic rings. The molecule has 2 N–H and O–H groups in total. The second-order valence-electron chi connectivity index (χ2n) is 13.2. The van der Waals surface area contributed by atoms with Crippen molar-refractivity contribution in [3.63, 3.8) is 0 Å². The predicted octanol–water partition coefficient (Wildman–Crippen LogP) is 12.3. The van der Waals surface area contributed by atoms with Crippen LogP contribution in [-0.4, -0.2) is 41.0 Å². The Bertz CT molecular complexity index is 1070. The summed E-state index contributed by atoms with van der Waals surface area (Å²) in [4.78, 5) is 42.8. The van der Waals surface area contributed by atoms with Crippen molar-refractivity contribution < 1.29 is 37.9 Å². The van der Waals surface area contributed by atoms with E-state index in [1.165, 1.54) is 57.8 Å². The largest absolute Gasteiger partial charge is 0.469 e. The van der Waals surface area contributed by atoms with Crippen LogP contribution in [0.25, 0.3) is 0 Å². The van der Waals surface area contributed by atoms with E-state index in [0.29, 0.717) is 12.8 Å². The molecule has 0 heterocycles. The van der Waals surface area contributed by atoms with Gasteiger partial charge in [-0.3, -0.25) is 14.1 Å². The maximum atomic E-state index is 12.4. The molecule has 0 aliphatic heterocycles. The number of hydrogen-bond donors (Lipinski definition) is 2. The highest BCUT2D eigenvalue weighted by Gasteiger charge is 2.22. The summed E-state index contributed by atoms with van der Waals surface area (Å²) in [6.07, 6.45) is 49.1. The first kappa shape index (κ1) is 49.5. The summed E-state index contributed by atoms with van der Waals surface area (Å²) in [5.41, 5.74) is 0. The summed E-state index contributed by atoms with van der Waals surface area (Å²) in [5, 5.41) is 0. The van der Waals surface area contributed by atoms with Crippen LogP contribution in [0.1, 0.15) is 168 Å². The van der Waals surface area contributed by atoms with Gasteiger partial charge in [-0.1, -0.05) is 145 Å². The lowest BCUT2D eigenvalue weighted by Crippen LogP contribution is -2.29. The second kappa shape index (κ2) is 38.2. The maximum Gasteiger partial charge on any atom is 0.469 e. The minimum atomic E-state index is -4.77. The molecular formula is C43H73O8P. The van der Waals surface area contributed by atoms with E-state index in [-0.39, 0.29) is 19.4 Å². The molecular weight excluding hydrogens is 675 g/mol. The summed E-state index contributed by atoms with van der Waals surface area (Å²) >= 11 is 0.